The first-order valence-corrected chi connectivity index (χ1v) is 13.0. The normalized spacial score (nSPS) is 23.8. The number of amides is 1. The lowest BCUT2D eigenvalue weighted by atomic mass is 9.80. The van der Waals surface area contributed by atoms with Crippen LogP contribution in [0, 0.1) is 5.92 Å². The molecule has 6 heteroatoms. The first-order chi connectivity index (χ1) is 16.6. The summed E-state index contributed by atoms with van der Waals surface area (Å²) in [5, 5.41) is 3.47. The molecule has 1 amide bonds. The van der Waals surface area contributed by atoms with E-state index in [4.69, 9.17) is 9.47 Å². The second-order valence-corrected chi connectivity index (χ2v) is 9.90. The summed E-state index contributed by atoms with van der Waals surface area (Å²) in [7, 11) is 0. The summed E-state index contributed by atoms with van der Waals surface area (Å²) in [5.41, 5.74) is 3.55. The van der Waals surface area contributed by atoms with Crippen molar-refractivity contribution in [2.45, 2.75) is 64.1 Å². The van der Waals surface area contributed by atoms with Gasteiger partial charge in [-0.25, -0.2) is 0 Å². The number of fused-ring (bicyclic) bond motifs is 1. The Morgan fingerprint density at radius 3 is 2.68 bits per heavy atom. The average Bonchev–Trinajstić information content (AvgIpc) is 3.71. The predicted octanol–water partition coefficient (Wildman–Crippen LogP) is 4.50. The van der Waals surface area contributed by atoms with Crippen molar-refractivity contribution in [3.8, 4) is 0 Å². The monoisotopic (exact) mass is 463 g/mol. The number of nitrogens with zero attached hydrogens (tertiary/aromatic N) is 2. The minimum absolute atomic E-state index is 0.000661. The predicted molar refractivity (Wildman–Crippen MR) is 133 cm³/mol. The van der Waals surface area contributed by atoms with Crippen LogP contribution >= 0.6 is 0 Å². The molecule has 2 aliphatic heterocycles. The molecule has 6 nitrogen and oxygen atoms in total. The molecule has 34 heavy (non-hydrogen) atoms. The van der Waals surface area contributed by atoms with Gasteiger partial charge in [0, 0.05) is 30.4 Å². The zero-order chi connectivity index (χ0) is 23.5. The summed E-state index contributed by atoms with van der Waals surface area (Å²) in [6.45, 7) is 8.03. The lowest BCUT2D eigenvalue weighted by Crippen LogP contribution is -2.47. The number of aromatic nitrogens is 1. The highest BCUT2D eigenvalue weighted by Crippen LogP contribution is 2.45. The number of ether oxygens (including phenoxy) is 2. The standard InChI is InChI=1S/C28H37N3O3/c1-3-31(4-2)27(32)23-12-11-21(18-30-23)22-17-28(13-15-29-16-14-28)34-25-8-6-5-7-24(26(22)25)33-19-20-9-10-20/h5,7,11-12,17-18,20,25,29H,3-4,6,8-10,13-16,19H2,1-2H3. The van der Waals surface area contributed by atoms with Gasteiger partial charge in [0.05, 0.1) is 18.3 Å². The van der Waals surface area contributed by atoms with Crippen molar-refractivity contribution >= 4 is 11.5 Å². The molecular formula is C28H37N3O3. The Balaban J connectivity index is 1.54. The van der Waals surface area contributed by atoms with Crippen LogP contribution in [0.25, 0.3) is 5.57 Å². The highest BCUT2D eigenvalue weighted by Gasteiger charge is 2.42. The van der Waals surface area contributed by atoms with Gasteiger partial charge in [-0.15, -0.1) is 0 Å². The molecule has 1 spiro atoms. The zero-order valence-corrected chi connectivity index (χ0v) is 20.5. The number of hydrogen-bond acceptors (Lipinski definition) is 5. The fourth-order valence-corrected chi connectivity index (χ4v) is 5.23. The van der Waals surface area contributed by atoms with Gasteiger partial charge in [-0.05, 0) is 95.2 Å². The van der Waals surface area contributed by atoms with Crippen molar-refractivity contribution in [2.24, 2.45) is 5.92 Å². The third-order valence-corrected chi connectivity index (χ3v) is 7.49. The van der Waals surface area contributed by atoms with E-state index in [0.717, 1.165) is 67.8 Å². The molecule has 1 saturated carbocycles. The van der Waals surface area contributed by atoms with E-state index < -0.39 is 0 Å². The SMILES string of the molecule is CCN(CC)C(=O)c1ccc(C2=CC3(CCNCC3)OC3CCC=CC(OCC4CC4)=C23)cn1. The first-order valence-electron chi connectivity index (χ1n) is 13.0. The van der Waals surface area contributed by atoms with E-state index in [9.17, 15) is 4.79 Å². The molecule has 2 aliphatic carbocycles. The van der Waals surface area contributed by atoms with Crippen molar-refractivity contribution in [1.29, 1.82) is 0 Å². The van der Waals surface area contributed by atoms with Crippen molar-refractivity contribution in [1.82, 2.24) is 15.2 Å². The number of rotatable bonds is 7. The highest BCUT2D eigenvalue weighted by atomic mass is 16.5. The Morgan fingerprint density at radius 1 is 1.21 bits per heavy atom. The molecule has 3 heterocycles. The molecule has 0 radical (unpaired) electrons. The van der Waals surface area contributed by atoms with Crippen LogP contribution < -0.4 is 5.32 Å². The molecule has 4 aliphatic rings. The highest BCUT2D eigenvalue weighted by molar-refractivity contribution is 5.93. The maximum absolute atomic E-state index is 12.8. The third-order valence-electron chi connectivity index (χ3n) is 7.49. The van der Waals surface area contributed by atoms with E-state index in [1.165, 1.54) is 12.8 Å². The fourth-order valence-electron chi connectivity index (χ4n) is 5.23. The van der Waals surface area contributed by atoms with Crippen LogP contribution in [-0.2, 0) is 9.47 Å². The summed E-state index contributed by atoms with van der Waals surface area (Å²) < 4.78 is 13.2. The van der Waals surface area contributed by atoms with Crippen LogP contribution in [0.4, 0.5) is 0 Å². The van der Waals surface area contributed by atoms with Gasteiger partial charge in [0.15, 0.2) is 0 Å². The molecule has 182 valence electrons. The fraction of sp³-hybridized carbons (Fsp3) is 0.571. The maximum Gasteiger partial charge on any atom is 0.272 e. The molecule has 1 saturated heterocycles. The number of nitrogens with one attached hydrogen (secondary N) is 1. The van der Waals surface area contributed by atoms with Gasteiger partial charge in [0.25, 0.3) is 5.91 Å². The summed E-state index contributed by atoms with van der Waals surface area (Å²) in [5.74, 6) is 1.60. The van der Waals surface area contributed by atoms with Crippen molar-refractivity contribution in [3.05, 3.63) is 59.1 Å². The minimum Gasteiger partial charge on any atom is -0.493 e. The smallest absolute Gasteiger partial charge is 0.272 e. The Kier molecular flexibility index (Phi) is 6.89. The lowest BCUT2D eigenvalue weighted by molar-refractivity contribution is -0.0704. The molecular weight excluding hydrogens is 426 g/mol. The Hall–Kier alpha value is -2.44. The molecule has 1 aromatic rings. The summed E-state index contributed by atoms with van der Waals surface area (Å²) in [4.78, 5) is 19.2. The largest absolute Gasteiger partial charge is 0.493 e. The maximum atomic E-state index is 12.8. The van der Waals surface area contributed by atoms with E-state index >= 15 is 0 Å². The quantitative estimate of drug-likeness (QED) is 0.645. The molecule has 0 bridgehead atoms. The van der Waals surface area contributed by atoms with Gasteiger partial charge in [0.2, 0.25) is 0 Å². The van der Waals surface area contributed by atoms with Crippen LogP contribution in [0.5, 0.6) is 0 Å². The Labute approximate surface area is 203 Å². The molecule has 0 aromatic carbocycles. The number of pyridine rings is 1. The van der Waals surface area contributed by atoms with Crippen LogP contribution in [0.2, 0.25) is 0 Å². The summed E-state index contributed by atoms with van der Waals surface area (Å²) in [6, 6.07) is 3.92. The molecule has 1 atom stereocenters. The summed E-state index contributed by atoms with van der Waals surface area (Å²) in [6.07, 6.45) is 14.9. The number of allylic oxidation sites excluding steroid dienone is 2. The van der Waals surface area contributed by atoms with Crippen LogP contribution in [0.1, 0.15) is 68.4 Å². The topological polar surface area (TPSA) is 63.7 Å². The molecule has 2 fully saturated rings. The number of piperidine rings is 1. The van der Waals surface area contributed by atoms with Gasteiger partial charge < -0.3 is 19.7 Å². The molecule has 1 aromatic heterocycles. The summed E-state index contributed by atoms with van der Waals surface area (Å²) >= 11 is 0. The van der Waals surface area contributed by atoms with Crippen LogP contribution in [0.15, 0.2) is 47.9 Å². The van der Waals surface area contributed by atoms with Gasteiger partial charge in [0.1, 0.15) is 11.5 Å². The first kappa shape index (κ1) is 23.3. The molecule has 5 rings (SSSR count). The van der Waals surface area contributed by atoms with Gasteiger partial charge in [-0.3, -0.25) is 9.78 Å². The van der Waals surface area contributed by atoms with Gasteiger partial charge in [-0.1, -0.05) is 12.1 Å². The van der Waals surface area contributed by atoms with Crippen molar-refractivity contribution < 1.29 is 14.3 Å². The van der Waals surface area contributed by atoms with Gasteiger partial charge in [-0.2, -0.15) is 0 Å². The zero-order valence-electron chi connectivity index (χ0n) is 20.5. The second-order valence-electron chi connectivity index (χ2n) is 9.90. The van der Waals surface area contributed by atoms with Crippen LogP contribution in [-0.4, -0.2) is 60.3 Å². The lowest BCUT2D eigenvalue weighted by Gasteiger charge is -2.43. The molecule has 1 unspecified atom stereocenters. The van der Waals surface area contributed by atoms with E-state index in [2.05, 4.69) is 28.5 Å². The van der Waals surface area contributed by atoms with Crippen molar-refractivity contribution in [3.63, 3.8) is 0 Å². The van der Waals surface area contributed by atoms with E-state index in [-0.39, 0.29) is 17.6 Å². The van der Waals surface area contributed by atoms with Crippen molar-refractivity contribution in [2.75, 3.05) is 32.8 Å². The van der Waals surface area contributed by atoms with E-state index in [1.54, 1.807) is 4.90 Å². The third kappa shape index (κ3) is 4.84. The number of carbonyl (C=O) groups excluding carboxylic acids is 1. The minimum atomic E-state index is -0.267. The average molecular weight is 464 g/mol. The van der Waals surface area contributed by atoms with Crippen LogP contribution in [0.3, 0.4) is 0 Å². The van der Waals surface area contributed by atoms with E-state index in [1.807, 2.05) is 32.2 Å². The Bertz CT molecular complexity index is 981. The van der Waals surface area contributed by atoms with E-state index in [0.29, 0.717) is 24.7 Å². The van der Waals surface area contributed by atoms with Gasteiger partial charge >= 0.3 is 0 Å². The molecule has 1 N–H and O–H groups in total. The Morgan fingerprint density at radius 2 is 2.00 bits per heavy atom. The second kappa shape index (κ2) is 10.0. The number of hydrogen-bond donors (Lipinski definition) is 1. The number of carbonyl (C=O) groups is 1.